The van der Waals surface area contributed by atoms with Crippen LogP contribution in [0.4, 0.5) is 0 Å². The Morgan fingerprint density at radius 2 is 1.45 bits per heavy atom. The van der Waals surface area contributed by atoms with Gasteiger partial charge in [0, 0.05) is 28.1 Å². The SMILES string of the molecule is O=c1cc(-c2ccc(OCCCCBr)cc2)oc2c3c(ccc12)OC(c1ccccc1)(c1ccccc1)O3. The van der Waals surface area contributed by atoms with Crippen LogP contribution in [-0.4, -0.2) is 11.9 Å². The molecule has 0 amide bonds. The van der Waals surface area contributed by atoms with Crippen molar-refractivity contribution in [1.82, 2.24) is 0 Å². The lowest BCUT2D eigenvalue weighted by atomic mass is 9.97. The highest BCUT2D eigenvalue weighted by molar-refractivity contribution is 9.09. The number of benzene rings is 4. The molecule has 190 valence electrons. The Morgan fingerprint density at radius 3 is 2.11 bits per heavy atom. The van der Waals surface area contributed by atoms with Gasteiger partial charge in [-0.15, -0.1) is 0 Å². The molecule has 0 unspecified atom stereocenters. The van der Waals surface area contributed by atoms with Crippen molar-refractivity contribution in [2.24, 2.45) is 0 Å². The van der Waals surface area contributed by atoms with E-state index in [0.29, 0.717) is 34.8 Å². The van der Waals surface area contributed by atoms with Crippen LogP contribution in [0.3, 0.4) is 0 Å². The number of hydrogen-bond acceptors (Lipinski definition) is 5. The van der Waals surface area contributed by atoms with Gasteiger partial charge in [-0.25, -0.2) is 0 Å². The minimum Gasteiger partial charge on any atom is -0.494 e. The van der Waals surface area contributed by atoms with Gasteiger partial charge in [-0.2, -0.15) is 0 Å². The highest BCUT2D eigenvalue weighted by Crippen LogP contribution is 2.50. The summed E-state index contributed by atoms with van der Waals surface area (Å²) in [6, 6.07) is 32.1. The third kappa shape index (κ3) is 4.45. The molecule has 0 aliphatic carbocycles. The second-order valence-electron chi connectivity index (χ2n) is 9.07. The van der Waals surface area contributed by atoms with E-state index < -0.39 is 5.79 Å². The van der Waals surface area contributed by atoms with Gasteiger partial charge < -0.3 is 18.6 Å². The fourth-order valence-corrected chi connectivity index (χ4v) is 5.03. The summed E-state index contributed by atoms with van der Waals surface area (Å²) >= 11 is 3.43. The smallest absolute Gasteiger partial charge is 0.305 e. The fraction of sp³-hybridized carbons (Fsp3) is 0.156. The molecule has 0 saturated heterocycles. The van der Waals surface area contributed by atoms with E-state index in [1.165, 1.54) is 6.07 Å². The standard InChI is InChI=1S/C32H25BrO5/c33-19-7-8-20-35-25-15-13-22(14-16-25)29-21-27(34)26-17-18-28-31(30(26)36-29)38-32(37-28,23-9-3-1-4-10-23)24-11-5-2-6-12-24/h1-6,9-18,21H,7-8,19-20H2. The van der Waals surface area contributed by atoms with Crippen LogP contribution in [0.1, 0.15) is 24.0 Å². The lowest BCUT2D eigenvalue weighted by Gasteiger charge is -2.28. The summed E-state index contributed by atoms with van der Waals surface area (Å²) < 4.78 is 25.3. The van der Waals surface area contributed by atoms with E-state index in [0.717, 1.165) is 40.6 Å². The van der Waals surface area contributed by atoms with Crippen molar-refractivity contribution in [2.75, 3.05) is 11.9 Å². The maximum Gasteiger partial charge on any atom is 0.305 e. The number of unbranched alkanes of at least 4 members (excludes halogenated alkanes) is 1. The Morgan fingerprint density at radius 1 is 0.763 bits per heavy atom. The zero-order valence-electron chi connectivity index (χ0n) is 20.6. The number of ether oxygens (including phenoxy) is 3. The molecule has 0 atom stereocenters. The molecular weight excluding hydrogens is 544 g/mol. The van der Waals surface area contributed by atoms with Crippen molar-refractivity contribution in [2.45, 2.75) is 18.6 Å². The fourth-order valence-electron chi connectivity index (χ4n) is 4.63. The lowest BCUT2D eigenvalue weighted by Crippen LogP contribution is -2.36. The maximum absolute atomic E-state index is 13.2. The normalized spacial score (nSPS) is 13.5. The summed E-state index contributed by atoms with van der Waals surface area (Å²) in [5.74, 6) is 0.933. The third-order valence-electron chi connectivity index (χ3n) is 6.56. The van der Waals surface area contributed by atoms with Crippen molar-refractivity contribution >= 4 is 26.9 Å². The first-order valence-corrected chi connectivity index (χ1v) is 13.7. The zero-order valence-corrected chi connectivity index (χ0v) is 22.1. The minimum absolute atomic E-state index is 0.153. The van der Waals surface area contributed by atoms with Gasteiger partial charge in [0.1, 0.15) is 11.5 Å². The highest BCUT2D eigenvalue weighted by Gasteiger charge is 2.46. The van der Waals surface area contributed by atoms with Gasteiger partial charge in [0.25, 0.3) is 0 Å². The molecule has 5 nitrogen and oxygen atoms in total. The van der Waals surface area contributed by atoms with Crippen LogP contribution in [0.25, 0.3) is 22.3 Å². The molecule has 1 aliphatic heterocycles. The maximum atomic E-state index is 13.2. The number of halogens is 1. The van der Waals surface area contributed by atoms with E-state index in [1.54, 1.807) is 12.1 Å². The monoisotopic (exact) mass is 568 g/mol. The number of hydrogen-bond donors (Lipinski definition) is 0. The summed E-state index contributed by atoms with van der Waals surface area (Å²) in [6.07, 6.45) is 2.04. The van der Waals surface area contributed by atoms with Crippen molar-refractivity contribution in [3.8, 4) is 28.6 Å². The van der Waals surface area contributed by atoms with Crippen LogP contribution in [0.5, 0.6) is 17.2 Å². The van der Waals surface area contributed by atoms with Gasteiger partial charge >= 0.3 is 5.79 Å². The molecule has 2 heterocycles. The Kier molecular flexibility index (Phi) is 6.64. The molecule has 0 saturated carbocycles. The molecule has 38 heavy (non-hydrogen) atoms. The van der Waals surface area contributed by atoms with Gasteiger partial charge in [-0.05, 0) is 49.2 Å². The van der Waals surface area contributed by atoms with Gasteiger partial charge in [-0.3, -0.25) is 4.79 Å². The second kappa shape index (κ2) is 10.4. The van der Waals surface area contributed by atoms with Crippen LogP contribution in [0.2, 0.25) is 0 Å². The first kappa shape index (κ1) is 24.3. The van der Waals surface area contributed by atoms with E-state index >= 15 is 0 Å². The van der Waals surface area contributed by atoms with E-state index in [4.69, 9.17) is 18.6 Å². The van der Waals surface area contributed by atoms with Crippen LogP contribution in [-0.2, 0) is 5.79 Å². The van der Waals surface area contributed by atoms with E-state index in [9.17, 15) is 4.79 Å². The largest absolute Gasteiger partial charge is 0.494 e. The van der Waals surface area contributed by atoms with Crippen LogP contribution >= 0.6 is 15.9 Å². The highest BCUT2D eigenvalue weighted by atomic mass is 79.9. The van der Waals surface area contributed by atoms with E-state index in [-0.39, 0.29) is 5.43 Å². The molecule has 6 rings (SSSR count). The third-order valence-corrected chi connectivity index (χ3v) is 7.12. The molecule has 1 aliphatic rings. The van der Waals surface area contributed by atoms with Crippen molar-refractivity contribution in [1.29, 1.82) is 0 Å². The van der Waals surface area contributed by atoms with Gasteiger partial charge in [-0.1, -0.05) is 76.6 Å². The molecule has 0 radical (unpaired) electrons. The topological polar surface area (TPSA) is 57.9 Å². The zero-order chi connectivity index (χ0) is 26.0. The molecule has 0 fully saturated rings. The summed E-state index contributed by atoms with van der Waals surface area (Å²) in [5, 5.41) is 1.40. The Balaban J connectivity index is 1.40. The number of alkyl halides is 1. The predicted octanol–water partition coefficient (Wildman–Crippen LogP) is 7.69. The average Bonchev–Trinajstić information content (AvgIpc) is 3.38. The molecule has 0 spiro atoms. The van der Waals surface area contributed by atoms with Gasteiger partial charge in [0.2, 0.25) is 5.75 Å². The van der Waals surface area contributed by atoms with Crippen LogP contribution in [0, 0.1) is 0 Å². The second-order valence-corrected chi connectivity index (χ2v) is 9.86. The Bertz CT molecular complexity index is 1570. The first-order chi connectivity index (χ1) is 18.7. The summed E-state index contributed by atoms with van der Waals surface area (Å²) in [6.45, 7) is 0.657. The van der Waals surface area contributed by atoms with E-state index in [1.807, 2.05) is 84.9 Å². The van der Waals surface area contributed by atoms with Gasteiger partial charge in [0.05, 0.1) is 12.0 Å². The Hall–Kier alpha value is -4.03. The summed E-state index contributed by atoms with van der Waals surface area (Å²) in [4.78, 5) is 13.2. The summed E-state index contributed by atoms with van der Waals surface area (Å²) in [5.41, 5.74) is 2.64. The van der Waals surface area contributed by atoms with Crippen molar-refractivity contribution < 1.29 is 18.6 Å². The molecule has 1 aromatic heterocycles. The van der Waals surface area contributed by atoms with Crippen LogP contribution in [0.15, 0.2) is 112 Å². The van der Waals surface area contributed by atoms with Gasteiger partial charge in [0.15, 0.2) is 16.8 Å². The quantitative estimate of drug-likeness (QED) is 0.142. The molecule has 4 aromatic carbocycles. The summed E-state index contributed by atoms with van der Waals surface area (Å²) in [7, 11) is 0. The average molecular weight is 569 g/mol. The van der Waals surface area contributed by atoms with Crippen molar-refractivity contribution in [3.05, 3.63) is 124 Å². The minimum atomic E-state index is -1.21. The molecular formula is C32H25BrO5. The molecule has 0 N–H and O–H groups in total. The molecule has 5 aromatic rings. The van der Waals surface area contributed by atoms with Crippen molar-refractivity contribution in [3.63, 3.8) is 0 Å². The van der Waals surface area contributed by atoms with E-state index in [2.05, 4.69) is 15.9 Å². The number of fused-ring (bicyclic) bond motifs is 3. The lowest BCUT2D eigenvalue weighted by molar-refractivity contribution is -0.0456. The molecule has 0 bridgehead atoms. The van der Waals surface area contributed by atoms with Crippen LogP contribution < -0.4 is 19.6 Å². The Labute approximate surface area is 228 Å². The first-order valence-electron chi connectivity index (χ1n) is 12.6. The predicted molar refractivity (Wildman–Crippen MR) is 151 cm³/mol. The number of rotatable bonds is 8. The molecule has 6 heteroatoms.